The lowest BCUT2D eigenvalue weighted by molar-refractivity contribution is -0.0169. The molecule has 1 aromatic heterocycles. The SMILES string of the molecule is C[C@@H](NCC(O)COCC1CCCO1)c1ccco1. The van der Waals surface area contributed by atoms with Crippen LogP contribution in [0.3, 0.4) is 0 Å². The maximum absolute atomic E-state index is 9.81. The molecule has 0 spiro atoms. The Morgan fingerprint density at radius 3 is 3.16 bits per heavy atom. The van der Waals surface area contributed by atoms with Crippen LogP contribution in [0, 0.1) is 0 Å². The lowest BCUT2D eigenvalue weighted by atomic mass is 10.2. The van der Waals surface area contributed by atoms with Crippen LogP contribution in [0.25, 0.3) is 0 Å². The molecule has 5 nitrogen and oxygen atoms in total. The van der Waals surface area contributed by atoms with E-state index in [4.69, 9.17) is 13.9 Å². The van der Waals surface area contributed by atoms with Crippen molar-refractivity contribution in [3.05, 3.63) is 24.2 Å². The van der Waals surface area contributed by atoms with Gasteiger partial charge < -0.3 is 24.3 Å². The summed E-state index contributed by atoms with van der Waals surface area (Å²) >= 11 is 0. The minimum atomic E-state index is -0.515. The van der Waals surface area contributed by atoms with Crippen molar-refractivity contribution in [2.45, 2.75) is 38.0 Å². The fourth-order valence-corrected chi connectivity index (χ4v) is 2.12. The molecule has 0 saturated carbocycles. The second kappa shape index (κ2) is 7.65. The van der Waals surface area contributed by atoms with Crippen LogP contribution < -0.4 is 5.32 Å². The van der Waals surface area contributed by atoms with Crippen molar-refractivity contribution in [1.82, 2.24) is 5.32 Å². The van der Waals surface area contributed by atoms with E-state index in [-0.39, 0.29) is 12.1 Å². The zero-order valence-electron chi connectivity index (χ0n) is 11.4. The third kappa shape index (κ3) is 4.95. The van der Waals surface area contributed by atoms with E-state index in [2.05, 4.69) is 5.32 Å². The van der Waals surface area contributed by atoms with E-state index in [1.54, 1.807) is 6.26 Å². The molecule has 0 bridgehead atoms. The Hall–Kier alpha value is -0.880. The van der Waals surface area contributed by atoms with Gasteiger partial charge >= 0.3 is 0 Å². The number of aliphatic hydroxyl groups excluding tert-OH is 1. The molecule has 3 atom stereocenters. The van der Waals surface area contributed by atoms with Crippen molar-refractivity contribution in [3.8, 4) is 0 Å². The van der Waals surface area contributed by atoms with Gasteiger partial charge in [0, 0.05) is 13.2 Å². The number of rotatable bonds is 8. The lowest BCUT2D eigenvalue weighted by Crippen LogP contribution is -2.32. The molecule has 0 amide bonds. The van der Waals surface area contributed by atoms with Gasteiger partial charge in [-0.05, 0) is 31.9 Å². The molecule has 1 aliphatic rings. The first-order valence-electron chi connectivity index (χ1n) is 6.90. The van der Waals surface area contributed by atoms with Gasteiger partial charge in [0.2, 0.25) is 0 Å². The molecular weight excluding hydrogens is 246 g/mol. The number of ether oxygens (including phenoxy) is 2. The standard InChI is InChI=1S/C14H23NO4/c1-11(14-5-3-7-19-14)15-8-12(16)9-17-10-13-4-2-6-18-13/h3,5,7,11-13,15-16H,2,4,6,8-10H2,1H3/t11-,12?,13?/m1/s1. The van der Waals surface area contributed by atoms with Crippen LogP contribution in [0.5, 0.6) is 0 Å². The summed E-state index contributed by atoms with van der Waals surface area (Å²) in [5, 5.41) is 13.0. The van der Waals surface area contributed by atoms with Gasteiger partial charge in [0.05, 0.1) is 37.7 Å². The molecule has 1 fully saturated rings. The predicted molar refractivity (Wildman–Crippen MR) is 70.9 cm³/mol. The van der Waals surface area contributed by atoms with Crippen LogP contribution in [0.1, 0.15) is 31.6 Å². The predicted octanol–water partition coefficient (Wildman–Crippen LogP) is 1.49. The Morgan fingerprint density at radius 1 is 1.58 bits per heavy atom. The van der Waals surface area contributed by atoms with E-state index < -0.39 is 6.10 Å². The van der Waals surface area contributed by atoms with Gasteiger partial charge in [0.25, 0.3) is 0 Å². The molecule has 5 heteroatoms. The average molecular weight is 269 g/mol. The summed E-state index contributed by atoms with van der Waals surface area (Å²) in [6.07, 6.45) is 3.51. The maximum atomic E-state index is 9.81. The van der Waals surface area contributed by atoms with Crippen molar-refractivity contribution in [3.63, 3.8) is 0 Å². The van der Waals surface area contributed by atoms with Crippen LogP contribution in [0.2, 0.25) is 0 Å². The summed E-state index contributed by atoms with van der Waals surface area (Å²) in [4.78, 5) is 0. The molecule has 2 heterocycles. The molecule has 0 aromatic carbocycles. The molecule has 2 unspecified atom stereocenters. The van der Waals surface area contributed by atoms with E-state index >= 15 is 0 Å². The van der Waals surface area contributed by atoms with Gasteiger partial charge in [0.1, 0.15) is 5.76 Å². The minimum Gasteiger partial charge on any atom is -0.468 e. The Balaban J connectivity index is 1.55. The van der Waals surface area contributed by atoms with Gasteiger partial charge in [-0.2, -0.15) is 0 Å². The van der Waals surface area contributed by atoms with Gasteiger partial charge in [0.15, 0.2) is 0 Å². The van der Waals surface area contributed by atoms with Gasteiger partial charge in [-0.25, -0.2) is 0 Å². The second-order valence-electron chi connectivity index (χ2n) is 4.97. The largest absolute Gasteiger partial charge is 0.468 e. The molecule has 19 heavy (non-hydrogen) atoms. The summed E-state index contributed by atoms with van der Waals surface area (Å²) in [7, 11) is 0. The van der Waals surface area contributed by atoms with E-state index in [1.165, 1.54) is 0 Å². The molecule has 0 aliphatic carbocycles. The van der Waals surface area contributed by atoms with Crippen molar-refractivity contribution < 1.29 is 19.0 Å². The van der Waals surface area contributed by atoms with E-state index in [0.29, 0.717) is 19.8 Å². The number of hydrogen-bond donors (Lipinski definition) is 2. The first-order valence-corrected chi connectivity index (χ1v) is 6.90. The van der Waals surface area contributed by atoms with Crippen molar-refractivity contribution >= 4 is 0 Å². The van der Waals surface area contributed by atoms with Crippen LogP contribution in [-0.2, 0) is 9.47 Å². The Labute approximate surface area is 113 Å². The molecule has 108 valence electrons. The minimum absolute atomic E-state index is 0.0859. The average Bonchev–Trinajstić information content (AvgIpc) is 3.08. The highest BCUT2D eigenvalue weighted by atomic mass is 16.5. The third-order valence-corrected chi connectivity index (χ3v) is 3.27. The number of hydrogen-bond acceptors (Lipinski definition) is 5. The van der Waals surface area contributed by atoms with E-state index in [1.807, 2.05) is 19.1 Å². The van der Waals surface area contributed by atoms with Crippen LogP contribution in [0.15, 0.2) is 22.8 Å². The van der Waals surface area contributed by atoms with Crippen molar-refractivity contribution in [1.29, 1.82) is 0 Å². The van der Waals surface area contributed by atoms with E-state index in [9.17, 15) is 5.11 Å². The molecule has 2 N–H and O–H groups in total. The topological polar surface area (TPSA) is 63.9 Å². The van der Waals surface area contributed by atoms with Gasteiger partial charge in [-0.15, -0.1) is 0 Å². The summed E-state index contributed by atoms with van der Waals surface area (Å²) in [5.41, 5.74) is 0. The summed E-state index contributed by atoms with van der Waals surface area (Å²) in [5.74, 6) is 0.868. The fraction of sp³-hybridized carbons (Fsp3) is 0.714. The van der Waals surface area contributed by atoms with Crippen LogP contribution in [0.4, 0.5) is 0 Å². The Morgan fingerprint density at radius 2 is 2.47 bits per heavy atom. The summed E-state index contributed by atoms with van der Waals surface area (Å²) in [6.45, 7) is 4.22. The normalized spacial score (nSPS) is 22.5. The lowest BCUT2D eigenvalue weighted by Gasteiger charge is -2.17. The smallest absolute Gasteiger partial charge is 0.120 e. The van der Waals surface area contributed by atoms with Crippen molar-refractivity contribution in [2.24, 2.45) is 0 Å². The second-order valence-corrected chi connectivity index (χ2v) is 4.97. The number of furan rings is 1. The van der Waals surface area contributed by atoms with Crippen LogP contribution in [-0.4, -0.2) is 43.7 Å². The number of nitrogens with one attached hydrogen (secondary N) is 1. The van der Waals surface area contributed by atoms with Crippen molar-refractivity contribution in [2.75, 3.05) is 26.4 Å². The first kappa shape index (κ1) is 14.5. The monoisotopic (exact) mass is 269 g/mol. The maximum Gasteiger partial charge on any atom is 0.120 e. The van der Waals surface area contributed by atoms with Gasteiger partial charge in [-0.3, -0.25) is 0 Å². The molecular formula is C14H23NO4. The molecule has 0 radical (unpaired) electrons. The molecule has 2 rings (SSSR count). The van der Waals surface area contributed by atoms with Crippen LogP contribution >= 0.6 is 0 Å². The summed E-state index contributed by atoms with van der Waals surface area (Å²) in [6, 6.07) is 3.86. The molecule has 1 aromatic rings. The fourth-order valence-electron chi connectivity index (χ4n) is 2.12. The quantitative estimate of drug-likeness (QED) is 0.748. The number of aliphatic hydroxyl groups is 1. The third-order valence-electron chi connectivity index (χ3n) is 3.27. The van der Waals surface area contributed by atoms with Gasteiger partial charge in [-0.1, -0.05) is 0 Å². The Kier molecular flexibility index (Phi) is 5.85. The highest BCUT2D eigenvalue weighted by Gasteiger charge is 2.16. The molecule has 1 aliphatic heterocycles. The highest BCUT2D eigenvalue weighted by molar-refractivity contribution is 5.02. The summed E-state index contributed by atoms with van der Waals surface area (Å²) < 4.78 is 16.2. The van der Waals surface area contributed by atoms with E-state index in [0.717, 1.165) is 25.2 Å². The highest BCUT2D eigenvalue weighted by Crippen LogP contribution is 2.13. The first-order chi connectivity index (χ1) is 9.25. The zero-order chi connectivity index (χ0) is 13.5. The Bertz CT molecular complexity index is 335. The zero-order valence-corrected chi connectivity index (χ0v) is 11.4. The molecule has 1 saturated heterocycles.